The van der Waals surface area contributed by atoms with Gasteiger partial charge in [-0.25, -0.2) is 0 Å². The third kappa shape index (κ3) is 4.37. The van der Waals surface area contributed by atoms with Gasteiger partial charge in [0.15, 0.2) is 0 Å². The second-order valence-corrected chi connectivity index (χ2v) is 7.52. The molecular weight excluding hydrogens is 380 g/mol. The van der Waals surface area contributed by atoms with Crippen molar-refractivity contribution in [2.24, 2.45) is 5.92 Å². The highest BCUT2D eigenvalue weighted by Gasteiger charge is 2.27. The maximum Gasteiger partial charge on any atom is 0.257 e. The van der Waals surface area contributed by atoms with E-state index in [1.165, 1.54) is 0 Å². The molecular formula is C22H24N6O2. The predicted molar refractivity (Wildman–Crippen MR) is 111 cm³/mol. The lowest BCUT2D eigenvalue weighted by molar-refractivity contribution is 0.0780. The first kappa shape index (κ1) is 19.8. The number of aryl methyl sites for hydroxylation is 1. The van der Waals surface area contributed by atoms with Gasteiger partial charge in [-0.3, -0.25) is 24.2 Å². The largest absolute Gasteiger partial charge is 0.352 e. The molecule has 4 heterocycles. The van der Waals surface area contributed by atoms with E-state index in [-0.39, 0.29) is 17.7 Å². The molecule has 1 aliphatic heterocycles. The molecule has 3 aromatic rings. The van der Waals surface area contributed by atoms with Crippen molar-refractivity contribution in [1.82, 2.24) is 30.0 Å². The van der Waals surface area contributed by atoms with Crippen molar-refractivity contribution in [2.75, 3.05) is 13.6 Å². The number of rotatable bonds is 6. The lowest BCUT2D eigenvalue weighted by Crippen LogP contribution is -2.34. The monoisotopic (exact) mass is 404 g/mol. The number of carbonyl (C=O) groups excluding carboxylic acids is 2. The van der Waals surface area contributed by atoms with Gasteiger partial charge >= 0.3 is 0 Å². The highest BCUT2D eigenvalue weighted by atomic mass is 16.2. The van der Waals surface area contributed by atoms with Crippen LogP contribution >= 0.6 is 0 Å². The Kier molecular flexibility index (Phi) is 5.83. The smallest absolute Gasteiger partial charge is 0.257 e. The molecule has 1 aliphatic rings. The number of amides is 2. The zero-order valence-electron chi connectivity index (χ0n) is 16.9. The molecule has 1 atom stereocenters. The lowest BCUT2D eigenvalue weighted by Gasteiger charge is -2.25. The van der Waals surface area contributed by atoms with Gasteiger partial charge in [0, 0.05) is 38.7 Å². The molecule has 0 unspecified atom stereocenters. The Morgan fingerprint density at radius 1 is 1.20 bits per heavy atom. The van der Waals surface area contributed by atoms with Crippen LogP contribution in [0.2, 0.25) is 0 Å². The molecule has 8 nitrogen and oxygen atoms in total. The summed E-state index contributed by atoms with van der Waals surface area (Å²) in [6.07, 6.45) is 8.18. The normalized spacial score (nSPS) is 15.3. The van der Waals surface area contributed by atoms with Gasteiger partial charge in [0.2, 0.25) is 0 Å². The van der Waals surface area contributed by atoms with Crippen LogP contribution in [-0.2, 0) is 19.5 Å². The van der Waals surface area contributed by atoms with E-state index in [4.69, 9.17) is 0 Å². The summed E-state index contributed by atoms with van der Waals surface area (Å²) in [7, 11) is 1.77. The molecule has 30 heavy (non-hydrogen) atoms. The van der Waals surface area contributed by atoms with Crippen LogP contribution in [0.15, 0.2) is 55.1 Å². The molecule has 0 aliphatic carbocycles. The minimum absolute atomic E-state index is 0.0676. The number of aromatic nitrogens is 4. The Bertz CT molecular complexity index is 1020. The fraction of sp³-hybridized carbons (Fsp3) is 0.318. The summed E-state index contributed by atoms with van der Waals surface area (Å²) >= 11 is 0. The van der Waals surface area contributed by atoms with Gasteiger partial charge in [0.05, 0.1) is 35.3 Å². The number of hydrogen-bond acceptors (Lipinski definition) is 5. The van der Waals surface area contributed by atoms with E-state index in [2.05, 4.69) is 20.4 Å². The molecule has 0 bridgehead atoms. The van der Waals surface area contributed by atoms with E-state index in [9.17, 15) is 9.59 Å². The molecule has 0 radical (unpaired) electrons. The maximum absolute atomic E-state index is 13.0. The number of nitrogens with one attached hydrogen (secondary N) is 1. The molecule has 3 aromatic heterocycles. The molecule has 0 saturated carbocycles. The summed E-state index contributed by atoms with van der Waals surface area (Å²) in [6.45, 7) is 1.73. The van der Waals surface area contributed by atoms with Crippen molar-refractivity contribution < 1.29 is 9.59 Å². The molecule has 0 saturated heterocycles. The van der Waals surface area contributed by atoms with Gasteiger partial charge in [0.25, 0.3) is 11.8 Å². The van der Waals surface area contributed by atoms with Crippen LogP contribution < -0.4 is 5.32 Å². The van der Waals surface area contributed by atoms with Gasteiger partial charge in [-0.2, -0.15) is 5.10 Å². The van der Waals surface area contributed by atoms with Gasteiger partial charge in [-0.15, -0.1) is 0 Å². The van der Waals surface area contributed by atoms with Crippen molar-refractivity contribution in [3.05, 3.63) is 77.6 Å². The highest BCUT2D eigenvalue weighted by Crippen LogP contribution is 2.24. The molecule has 0 spiro atoms. The average Bonchev–Trinajstić information content (AvgIpc) is 3.21. The maximum atomic E-state index is 13.0. The fourth-order valence-electron chi connectivity index (χ4n) is 3.70. The first-order chi connectivity index (χ1) is 14.6. The molecule has 2 amide bonds. The Balaban J connectivity index is 1.39. The second kappa shape index (κ2) is 8.86. The van der Waals surface area contributed by atoms with Crippen LogP contribution in [0.4, 0.5) is 0 Å². The number of carbonyl (C=O) groups is 2. The van der Waals surface area contributed by atoms with Gasteiger partial charge in [-0.1, -0.05) is 6.07 Å². The van der Waals surface area contributed by atoms with Crippen molar-refractivity contribution in [3.8, 4) is 0 Å². The number of pyridine rings is 2. The molecule has 0 aromatic carbocycles. The number of nitrogens with zero attached hydrogens (tertiary/aromatic N) is 5. The van der Waals surface area contributed by atoms with E-state index in [1.807, 2.05) is 22.9 Å². The van der Waals surface area contributed by atoms with Crippen LogP contribution in [0.3, 0.4) is 0 Å². The Morgan fingerprint density at radius 3 is 2.87 bits per heavy atom. The third-order valence-electron chi connectivity index (χ3n) is 5.36. The standard InChI is InChI=1S/C22H24N6O2/c1-27(15-18-6-2-3-9-24-18)22(30)19-14-26-28-10-7-16(11-20(19)28)12-25-21(29)17-5-4-8-23-13-17/h2-6,8-9,13-14,16H,7,10-12,15H2,1H3,(H,25,29)/t16-/m1/s1. The van der Waals surface area contributed by atoms with Gasteiger partial charge < -0.3 is 10.2 Å². The summed E-state index contributed by atoms with van der Waals surface area (Å²) in [6, 6.07) is 9.15. The molecule has 1 N–H and O–H groups in total. The van der Waals surface area contributed by atoms with Crippen LogP contribution in [-0.4, -0.2) is 50.1 Å². The van der Waals surface area contributed by atoms with Crippen LogP contribution in [0.5, 0.6) is 0 Å². The number of fused-ring (bicyclic) bond motifs is 1. The predicted octanol–water partition coefficient (Wildman–Crippen LogP) is 1.94. The summed E-state index contributed by atoms with van der Waals surface area (Å²) in [5.74, 6) is 0.0537. The molecule has 0 fully saturated rings. The first-order valence-electron chi connectivity index (χ1n) is 10.00. The summed E-state index contributed by atoms with van der Waals surface area (Å²) in [5, 5.41) is 7.39. The summed E-state index contributed by atoms with van der Waals surface area (Å²) < 4.78 is 1.90. The van der Waals surface area contributed by atoms with E-state index in [1.54, 1.807) is 48.9 Å². The van der Waals surface area contributed by atoms with Crippen LogP contribution in [0.25, 0.3) is 0 Å². The second-order valence-electron chi connectivity index (χ2n) is 7.52. The lowest BCUT2D eigenvalue weighted by atomic mass is 9.94. The van der Waals surface area contributed by atoms with E-state index in [0.717, 1.165) is 24.4 Å². The minimum atomic E-state index is -0.131. The van der Waals surface area contributed by atoms with Gasteiger partial charge in [0.1, 0.15) is 0 Å². The summed E-state index contributed by atoms with van der Waals surface area (Å²) in [4.78, 5) is 35.2. The Labute approximate surface area is 175 Å². The third-order valence-corrected chi connectivity index (χ3v) is 5.36. The van der Waals surface area contributed by atoms with Gasteiger partial charge in [-0.05, 0) is 43.0 Å². The fourth-order valence-corrected chi connectivity index (χ4v) is 3.70. The zero-order chi connectivity index (χ0) is 20.9. The molecule has 154 valence electrons. The molecule has 8 heteroatoms. The van der Waals surface area contributed by atoms with Crippen LogP contribution in [0, 0.1) is 5.92 Å². The summed E-state index contributed by atoms with van der Waals surface area (Å²) in [5.41, 5.74) is 2.94. The van der Waals surface area contributed by atoms with Crippen molar-refractivity contribution in [1.29, 1.82) is 0 Å². The van der Waals surface area contributed by atoms with E-state index in [0.29, 0.717) is 30.6 Å². The van der Waals surface area contributed by atoms with Crippen molar-refractivity contribution >= 4 is 11.8 Å². The SMILES string of the molecule is CN(Cc1ccccn1)C(=O)c1cnn2c1C[C@H](CNC(=O)c1cccnc1)CC2. The van der Waals surface area contributed by atoms with E-state index < -0.39 is 0 Å². The van der Waals surface area contributed by atoms with Crippen LogP contribution in [0.1, 0.15) is 38.5 Å². The number of hydrogen-bond donors (Lipinski definition) is 1. The Hall–Kier alpha value is -3.55. The van der Waals surface area contributed by atoms with Crippen molar-refractivity contribution in [2.45, 2.75) is 25.9 Å². The topological polar surface area (TPSA) is 93.0 Å². The zero-order valence-corrected chi connectivity index (χ0v) is 16.9. The quantitative estimate of drug-likeness (QED) is 0.678. The Morgan fingerprint density at radius 2 is 2.10 bits per heavy atom. The average molecular weight is 404 g/mol. The molecule has 4 rings (SSSR count). The first-order valence-corrected chi connectivity index (χ1v) is 10.00. The minimum Gasteiger partial charge on any atom is -0.352 e. The van der Waals surface area contributed by atoms with E-state index >= 15 is 0 Å². The highest BCUT2D eigenvalue weighted by molar-refractivity contribution is 5.95. The van der Waals surface area contributed by atoms with Crippen molar-refractivity contribution in [3.63, 3.8) is 0 Å².